The van der Waals surface area contributed by atoms with Crippen LogP contribution in [0.2, 0.25) is 0 Å². The predicted octanol–water partition coefficient (Wildman–Crippen LogP) is 4.74. The number of imidazole rings is 1. The Hall–Kier alpha value is -4.05. The summed E-state index contributed by atoms with van der Waals surface area (Å²) in [5.74, 6) is 1.31. The van der Waals surface area contributed by atoms with Crippen molar-refractivity contribution < 1.29 is 13.9 Å². The molecule has 0 unspecified atom stereocenters. The van der Waals surface area contributed by atoms with Crippen LogP contribution < -0.4 is 9.80 Å². The first kappa shape index (κ1) is 27.1. The Balaban J connectivity index is 1.19. The number of esters is 1. The molecule has 2 fully saturated rings. The highest BCUT2D eigenvalue weighted by molar-refractivity contribution is 5.72. The molecule has 1 aromatic carbocycles. The van der Waals surface area contributed by atoms with Gasteiger partial charge in [0.05, 0.1) is 24.5 Å². The van der Waals surface area contributed by atoms with Crippen molar-refractivity contribution in [3.8, 4) is 11.4 Å². The van der Waals surface area contributed by atoms with Crippen LogP contribution in [-0.2, 0) is 9.53 Å². The fourth-order valence-electron chi connectivity index (χ4n) is 5.73. The van der Waals surface area contributed by atoms with Gasteiger partial charge in [-0.2, -0.15) is 0 Å². The summed E-state index contributed by atoms with van der Waals surface area (Å²) in [7, 11) is 0. The van der Waals surface area contributed by atoms with Crippen LogP contribution >= 0.6 is 0 Å². The second-order valence-corrected chi connectivity index (χ2v) is 11.7. The van der Waals surface area contributed by atoms with Gasteiger partial charge in [-0.15, -0.1) is 5.10 Å². The number of carbonyl (C=O) groups is 1. The Labute approximate surface area is 239 Å². The van der Waals surface area contributed by atoms with Gasteiger partial charge in [0, 0.05) is 32.7 Å². The lowest BCUT2D eigenvalue weighted by molar-refractivity contribution is -0.156. The van der Waals surface area contributed by atoms with E-state index in [0.29, 0.717) is 6.54 Å². The second kappa shape index (κ2) is 11.1. The van der Waals surface area contributed by atoms with Gasteiger partial charge in [0.25, 0.3) is 0 Å². The molecule has 9 nitrogen and oxygen atoms in total. The Bertz CT molecular complexity index is 1540. The van der Waals surface area contributed by atoms with Gasteiger partial charge < -0.3 is 14.5 Å². The number of nitrogens with zero attached hydrogens (tertiary/aromatic N) is 7. The van der Waals surface area contributed by atoms with Crippen molar-refractivity contribution in [1.29, 1.82) is 0 Å². The molecule has 2 aliphatic rings. The summed E-state index contributed by atoms with van der Waals surface area (Å²) < 4.78 is 21.3. The number of hydrogen-bond donors (Lipinski definition) is 0. The van der Waals surface area contributed by atoms with Crippen LogP contribution in [0.15, 0.2) is 60.8 Å². The van der Waals surface area contributed by atoms with Crippen LogP contribution in [0, 0.1) is 5.82 Å². The highest BCUT2D eigenvalue weighted by Crippen LogP contribution is 2.35. The molecule has 1 atom stereocenters. The molecule has 0 bridgehead atoms. The van der Waals surface area contributed by atoms with Crippen molar-refractivity contribution in [3.05, 3.63) is 72.2 Å². The van der Waals surface area contributed by atoms with Crippen LogP contribution in [0.5, 0.6) is 0 Å². The predicted molar refractivity (Wildman–Crippen MR) is 156 cm³/mol. The molecule has 3 aromatic heterocycles. The molecule has 0 amide bonds. The summed E-state index contributed by atoms with van der Waals surface area (Å²) >= 11 is 0. The molecule has 5 heterocycles. The molecule has 2 aliphatic heterocycles. The van der Waals surface area contributed by atoms with Crippen molar-refractivity contribution in [2.75, 3.05) is 49.1 Å². The van der Waals surface area contributed by atoms with Crippen molar-refractivity contribution in [2.45, 2.75) is 45.3 Å². The average molecular weight is 558 g/mol. The first-order chi connectivity index (χ1) is 19.7. The fourth-order valence-corrected chi connectivity index (χ4v) is 5.73. The van der Waals surface area contributed by atoms with Gasteiger partial charge in [-0.3, -0.25) is 9.69 Å². The molecular formula is C31H36FN7O2. The quantitative estimate of drug-likeness (QED) is 0.315. The fraction of sp³-hybridized carbons (Fsp3) is 0.419. The molecule has 10 heteroatoms. The summed E-state index contributed by atoms with van der Waals surface area (Å²) in [5, 5.41) is 4.98. The van der Waals surface area contributed by atoms with Crippen molar-refractivity contribution in [2.24, 2.45) is 0 Å². The van der Waals surface area contributed by atoms with Gasteiger partial charge in [-0.1, -0.05) is 18.2 Å². The number of benzene rings is 1. The lowest BCUT2D eigenvalue weighted by Gasteiger charge is -2.35. The largest absolute Gasteiger partial charge is 0.459 e. The van der Waals surface area contributed by atoms with E-state index < -0.39 is 5.60 Å². The maximum absolute atomic E-state index is 14.0. The number of pyridine rings is 1. The summed E-state index contributed by atoms with van der Waals surface area (Å²) in [6.45, 7) is 9.87. The van der Waals surface area contributed by atoms with Crippen molar-refractivity contribution in [3.63, 3.8) is 0 Å². The number of rotatable bonds is 6. The van der Waals surface area contributed by atoms with E-state index in [1.54, 1.807) is 12.1 Å². The number of carbonyl (C=O) groups excluding carboxylic acids is 1. The average Bonchev–Trinajstić information content (AvgIpc) is 3.60. The van der Waals surface area contributed by atoms with Gasteiger partial charge in [0.15, 0.2) is 5.65 Å². The monoisotopic (exact) mass is 557 g/mol. The van der Waals surface area contributed by atoms with E-state index in [0.717, 1.165) is 79.8 Å². The molecular weight excluding hydrogens is 521 g/mol. The van der Waals surface area contributed by atoms with Gasteiger partial charge in [-0.05, 0) is 75.6 Å². The zero-order valence-electron chi connectivity index (χ0n) is 23.8. The maximum Gasteiger partial charge on any atom is 0.320 e. The number of piperazine rings is 1. The Morgan fingerprint density at radius 3 is 2.59 bits per heavy atom. The summed E-state index contributed by atoms with van der Waals surface area (Å²) in [4.78, 5) is 28.4. The molecule has 0 spiro atoms. The van der Waals surface area contributed by atoms with Crippen LogP contribution in [0.3, 0.4) is 0 Å². The zero-order valence-corrected chi connectivity index (χ0v) is 23.8. The molecule has 4 aromatic rings. The van der Waals surface area contributed by atoms with Crippen molar-refractivity contribution in [1.82, 2.24) is 24.5 Å². The smallest absolute Gasteiger partial charge is 0.320 e. The molecule has 6 rings (SSSR count). The molecule has 0 aliphatic carbocycles. The van der Waals surface area contributed by atoms with Crippen LogP contribution in [0.4, 0.5) is 16.0 Å². The van der Waals surface area contributed by atoms with E-state index in [4.69, 9.17) is 14.8 Å². The number of anilines is 2. The van der Waals surface area contributed by atoms with Gasteiger partial charge in [0.1, 0.15) is 28.7 Å². The minimum absolute atomic E-state index is 0.0815. The molecule has 214 valence electrons. The van der Waals surface area contributed by atoms with Gasteiger partial charge in [0.2, 0.25) is 0 Å². The number of aromatic nitrogens is 4. The van der Waals surface area contributed by atoms with Gasteiger partial charge in [-0.25, -0.2) is 18.9 Å². The van der Waals surface area contributed by atoms with Crippen LogP contribution in [0.1, 0.15) is 45.2 Å². The first-order valence-corrected chi connectivity index (χ1v) is 14.3. The third-order valence-corrected chi connectivity index (χ3v) is 7.59. The topological polar surface area (TPSA) is 79.1 Å². The molecule has 0 radical (unpaired) electrons. The first-order valence-electron chi connectivity index (χ1n) is 14.3. The van der Waals surface area contributed by atoms with E-state index in [-0.39, 0.29) is 17.8 Å². The van der Waals surface area contributed by atoms with Crippen LogP contribution in [-0.4, -0.2) is 75.3 Å². The highest BCUT2D eigenvalue weighted by atomic mass is 19.1. The Morgan fingerprint density at radius 1 is 1.00 bits per heavy atom. The molecule has 0 N–H and O–H groups in total. The number of halogens is 1. The number of hydrogen-bond acceptors (Lipinski definition) is 8. The zero-order chi connectivity index (χ0) is 28.6. The molecule has 0 saturated carbocycles. The normalized spacial score (nSPS) is 18.3. The lowest BCUT2D eigenvalue weighted by Crippen LogP contribution is -2.49. The lowest BCUT2D eigenvalue weighted by atomic mass is 10.0. The summed E-state index contributed by atoms with van der Waals surface area (Å²) in [6.07, 6.45) is 3.78. The minimum atomic E-state index is -0.478. The molecule has 41 heavy (non-hydrogen) atoms. The third-order valence-electron chi connectivity index (χ3n) is 7.59. The second-order valence-electron chi connectivity index (χ2n) is 11.7. The Kier molecular flexibility index (Phi) is 7.33. The van der Waals surface area contributed by atoms with E-state index >= 15 is 0 Å². The van der Waals surface area contributed by atoms with E-state index in [9.17, 15) is 9.18 Å². The summed E-state index contributed by atoms with van der Waals surface area (Å²) in [6, 6.07) is 16.9. The van der Waals surface area contributed by atoms with E-state index in [1.807, 2.05) is 67.9 Å². The molecule has 2 saturated heterocycles. The number of fused-ring (bicyclic) bond motifs is 1. The summed E-state index contributed by atoms with van der Waals surface area (Å²) in [5.41, 5.74) is 2.84. The highest BCUT2D eigenvalue weighted by Gasteiger charge is 2.28. The minimum Gasteiger partial charge on any atom is -0.459 e. The number of ether oxygens (including phenoxy) is 1. The maximum atomic E-state index is 14.0. The standard InChI is InChI=1S/C31H36FN7O2/c1-31(2,3)41-30(40)21-36-15-17-37(18-16-36)28-11-5-9-24(34-28)26-20-33-27-12-13-29(35-39(26)27)38-14-6-10-25(38)22-7-4-8-23(32)19-22/h4-5,7-9,11-13,19-20,25H,6,10,14-18,21H2,1-3H3/t25-/m1/s1. The van der Waals surface area contributed by atoms with Crippen molar-refractivity contribution >= 4 is 23.3 Å². The SMILES string of the molecule is CC(C)(C)OC(=O)CN1CCN(c2cccc(-c3cnc4ccc(N5CCC[C@@H]5c5cccc(F)c5)nn34)n2)CC1. The van der Waals surface area contributed by atoms with E-state index in [2.05, 4.69) is 19.7 Å². The van der Waals surface area contributed by atoms with Crippen LogP contribution in [0.25, 0.3) is 17.0 Å². The van der Waals surface area contributed by atoms with E-state index in [1.165, 1.54) is 6.07 Å². The third kappa shape index (κ3) is 6.02. The Morgan fingerprint density at radius 2 is 1.80 bits per heavy atom. The van der Waals surface area contributed by atoms with Gasteiger partial charge >= 0.3 is 5.97 Å².